The number of nitrogens with zero attached hydrogens (tertiary/aromatic N) is 2. The van der Waals surface area contributed by atoms with E-state index in [-0.39, 0.29) is 17.4 Å². The molecule has 2 aliphatic carbocycles. The Kier molecular flexibility index (Phi) is 4.28. The van der Waals surface area contributed by atoms with Crippen LogP contribution in [0.4, 0.5) is 0 Å². The van der Waals surface area contributed by atoms with Crippen molar-refractivity contribution in [3.63, 3.8) is 0 Å². The van der Waals surface area contributed by atoms with Crippen molar-refractivity contribution in [2.45, 2.75) is 71.3 Å². The van der Waals surface area contributed by atoms with Crippen LogP contribution in [0.15, 0.2) is 6.20 Å². The fourth-order valence-electron chi connectivity index (χ4n) is 4.20. The molecule has 0 bridgehead atoms. The molecule has 2 aliphatic rings. The number of hydrogen-bond donors (Lipinski definition) is 1. The average Bonchev–Trinajstić information content (AvgIpc) is 3.06. The van der Waals surface area contributed by atoms with Crippen LogP contribution in [-0.2, 0) is 18.3 Å². The first kappa shape index (κ1) is 15.6. The highest BCUT2D eigenvalue weighted by atomic mass is 16.1. The number of fused-ring (bicyclic) bond motifs is 1. The summed E-state index contributed by atoms with van der Waals surface area (Å²) in [6.45, 7) is 4.56. The van der Waals surface area contributed by atoms with Crippen LogP contribution in [0.25, 0.3) is 0 Å². The Morgan fingerprint density at radius 2 is 2.14 bits per heavy atom. The van der Waals surface area contributed by atoms with Gasteiger partial charge >= 0.3 is 0 Å². The number of amides is 1. The Hall–Kier alpha value is -1.32. The summed E-state index contributed by atoms with van der Waals surface area (Å²) in [5, 5.41) is 7.67. The van der Waals surface area contributed by atoms with Gasteiger partial charge in [-0.25, -0.2) is 0 Å². The molecule has 1 aromatic rings. The predicted octanol–water partition coefficient (Wildman–Crippen LogP) is 3.52. The molecule has 1 aromatic heterocycles. The third-order valence-corrected chi connectivity index (χ3v) is 5.46. The van der Waals surface area contributed by atoms with E-state index in [1.807, 2.05) is 17.9 Å². The maximum Gasteiger partial charge on any atom is 0.220 e. The summed E-state index contributed by atoms with van der Waals surface area (Å²) in [4.78, 5) is 12.4. The van der Waals surface area contributed by atoms with Crippen LogP contribution in [0.1, 0.15) is 76.1 Å². The van der Waals surface area contributed by atoms with Gasteiger partial charge in [0.05, 0.1) is 12.2 Å². The second-order valence-electron chi connectivity index (χ2n) is 8.02. The van der Waals surface area contributed by atoms with Crippen LogP contribution in [0.2, 0.25) is 0 Å². The molecular formula is C18H29N3O. The minimum atomic E-state index is 0.128. The van der Waals surface area contributed by atoms with Crippen molar-refractivity contribution in [1.82, 2.24) is 15.1 Å². The lowest BCUT2D eigenvalue weighted by Gasteiger charge is -2.35. The van der Waals surface area contributed by atoms with Crippen molar-refractivity contribution < 1.29 is 4.79 Å². The minimum absolute atomic E-state index is 0.128. The molecule has 0 saturated heterocycles. The Morgan fingerprint density at radius 1 is 1.41 bits per heavy atom. The Labute approximate surface area is 133 Å². The number of aromatic nitrogens is 2. The molecule has 1 heterocycles. The fourth-order valence-corrected chi connectivity index (χ4v) is 4.20. The van der Waals surface area contributed by atoms with Crippen molar-refractivity contribution in [2.75, 3.05) is 0 Å². The molecule has 0 spiro atoms. The summed E-state index contributed by atoms with van der Waals surface area (Å²) in [7, 11) is 2.00. The largest absolute Gasteiger partial charge is 0.349 e. The van der Waals surface area contributed by atoms with Crippen LogP contribution in [-0.4, -0.2) is 15.7 Å². The van der Waals surface area contributed by atoms with Crippen LogP contribution in [0.3, 0.4) is 0 Å². The first-order chi connectivity index (χ1) is 10.4. The van der Waals surface area contributed by atoms with Crippen LogP contribution in [0.5, 0.6) is 0 Å². The van der Waals surface area contributed by atoms with Gasteiger partial charge in [-0.3, -0.25) is 9.48 Å². The van der Waals surface area contributed by atoms with Gasteiger partial charge in [0, 0.05) is 24.7 Å². The average molecular weight is 303 g/mol. The molecule has 22 heavy (non-hydrogen) atoms. The quantitative estimate of drug-likeness (QED) is 0.925. The highest BCUT2D eigenvalue weighted by Crippen LogP contribution is 2.40. The molecule has 3 rings (SSSR count). The smallest absolute Gasteiger partial charge is 0.220 e. The van der Waals surface area contributed by atoms with E-state index >= 15 is 0 Å². The fraction of sp³-hybridized carbons (Fsp3) is 0.778. The van der Waals surface area contributed by atoms with Gasteiger partial charge in [-0.15, -0.1) is 0 Å². The number of nitrogens with one attached hydrogen (secondary N) is 1. The van der Waals surface area contributed by atoms with E-state index < -0.39 is 0 Å². The van der Waals surface area contributed by atoms with Crippen LogP contribution < -0.4 is 5.32 Å². The van der Waals surface area contributed by atoms with E-state index in [1.165, 1.54) is 36.9 Å². The van der Waals surface area contributed by atoms with Gasteiger partial charge < -0.3 is 5.32 Å². The number of aryl methyl sites for hydroxylation is 1. The van der Waals surface area contributed by atoms with Crippen LogP contribution >= 0.6 is 0 Å². The van der Waals surface area contributed by atoms with Gasteiger partial charge in [-0.1, -0.05) is 39.5 Å². The highest BCUT2D eigenvalue weighted by Gasteiger charge is 2.35. The zero-order valence-corrected chi connectivity index (χ0v) is 14.2. The minimum Gasteiger partial charge on any atom is -0.349 e. The Bertz CT molecular complexity index is 541. The normalized spacial score (nSPS) is 24.2. The monoisotopic (exact) mass is 303 g/mol. The lowest BCUT2D eigenvalue weighted by molar-refractivity contribution is -0.122. The van der Waals surface area contributed by atoms with E-state index in [9.17, 15) is 4.79 Å². The topological polar surface area (TPSA) is 46.9 Å². The first-order valence-electron chi connectivity index (χ1n) is 8.75. The van der Waals surface area contributed by atoms with E-state index in [0.29, 0.717) is 6.42 Å². The molecule has 0 aliphatic heterocycles. The zero-order valence-electron chi connectivity index (χ0n) is 14.2. The summed E-state index contributed by atoms with van der Waals surface area (Å²) in [6, 6.07) is 0.128. The zero-order chi connectivity index (χ0) is 15.7. The molecule has 1 saturated carbocycles. The molecule has 1 amide bonds. The molecule has 1 fully saturated rings. The van der Waals surface area contributed by atoms with Gasteiger partial charge in [0.15, 0.2) is 0 Å². The molecule has 1 unspecified atom stereocenters. The summed E-state index contributed by atoms with van der Waals surface area (Å²) in [5.74, 6) is 0.993. The van der Waals surface area contributed by atoms with Crippen molar-refractivity contribution in [3.05, 3.63) is 17.5 Å². The van der Waals surface area contributed by atoms with Gasteiger partial charge in [-0.2, -0.15) is 5.10 Å². The number of carbonyl (C=O) groups excluding carboxylic acids is 1. The lowest BCUT2D eigenvalue weighted by Crippen LogP contribution is -2.36. The molecule has 122 valence electrons. The molecule has 0 radical (unpaired) electrons. The van der Waals surface area contributed by atoms with E-state index in [1.54, 1.807) is 0 Å². The standard InChI is InChI=1S/C18H29N3O/c1-18(2)10-15(14-12-19-21(3)16(14)11-18)20-17(22)9-8-13-6-4-5-7-13/h12-13,15H,4-11H2,1-3H3,(H,20,22). The molecule has 1 atom stereocenters. The molecule has 4 heteroatoms. The Morgan fingerprint density at radius 3 is 2.86 bits per heavy atom. The van der Waals surface area contributed by atoms with Crippen molar-refractivity contribution in [3.8, 4) is 0 Å². The third-order valence-electron chi connectivity index (χ3n) is 5.46. The summed E-state index contributed by atoms with van der Waals surface area (Å²) < 4.78 is 1.97. The summed E-state index contributed by atoms with van der Waals surface area (Å²) in [5.41, 5.74) is 2.71. The number of carbonyl (C=O) groups is 1. The lowest BCUT2D eigenvalue weighted by atomic mass is 9.74. The van der Waals surface area contributed by atoms with Gasteiger partial charge in [0.1, 0.15) is 0 Å². The molecular weight excluding hydrogens is 274 g/mol. The molecule has 0 aromatic carbocycles. The molecule has 4 nitrogen and oxygen atoms in total. The summed E-state index contributed by atoms with van der Waals surface area (Å²) >= 11 is 0. The third kappa shape index (κ3) is 3.36. The highest BCUT2D eigenvalue weighted by molar-refractivity contribution is 5.76. The van der Waals surface area contributed by atoms with Crippen molar-refractivity contribution >= 4 is 5.91 Å². The maximum absolute atomic E-state index is 12.4. The van der Waals surface area contributed by atoms with Crippen LogP contribution in [0, 0.1) is 11.3 Å². The van der Waals surface area contributed by atoms with Gasteiger partial charge in [0.2, 0.25) is 5.91 Å². The first-order valence-corrected chi connectivity index (χ1v) is 8.75. The maximum atomic E-state index is 12.4. The van der Waals surface area contributed by atoms with E-state index in [2.05, 4.69) is 24.3 Å². The van der Waals surface area contributed by atoms with Crippen molar-refractivity contribution in [2.24, 2.45) is 18.4 Å². The Balaban J connectivity index is 1.62. The second-order valence-corrected chi connectivity index (χ2v) is 8.02. The van der Waals surface area contributed by atoms with Crippen molar-refractivity contribution in [1.29, 1.82) is 0 Å². The second kappa shape index (κ2) is 6.05. The number of rotatable bonds is 4. The van der Waals surface area contributed by atoms with E-state index in [4.69, 9.17) is 0 Å². The van der Waals surface area contributed by atoms with Gasteiger partial charge in [0.25, 0.3) is 0 Å². The predicted molar refractivity (Wildman–Crippen MR) is 87.4 cm³/mol. The molecule has 1 N–H and O–H groups in total. The summed E-state index contributed by atoms with van der Waals surface area (Å²) in [6.07, 6.45) is 11.0. The van der Waals surface area contributed by atoms with E-state index in [0.717, 1.165) is 25.2 Å². The SMILES string of the molecule is Cn1ncc2c1CC(C)(C)CC2NC(=O)CCC1CCCC1. The number of hydrogen-bond acceptors (Lipinski definition) is 2. The van der Waals surface area contributed by atoms with Gasteiger partial charge in [-0.05, 0) is 30.6 Å².